The Morgan fingerprint density at radius 3 is 2.37 bits per heavy atom. The van der Waals surface area contributed by atoms with Crippen molar-refractivity contribution in [2.75, 3.05) is 0 Å². The molecule has 0 aliphatic carbocycles. The van der Waals surface area contributed by atoms with Crippen molar-refractivity contribution in [1.29, 1.82) is 0 Å². The number of hydrogen-bond donors (Lipinski definition) is 1. The molecule has 0 spiro atoms. The maximum atomic E-state index is 12.6. The fraction of sp³-hybridized carbons (Fsp3) is 0.192. The second-order valence-electron chi connectivity index (χ2n) is 8.34. The van der Waals surface area contributed by atoms with E-state index in [-0.39, 0.29) is 16.9 Å². The Hall–Kier alpha value is -3.53. The van der Waals surface area contributed by atoms with Crippen molar-refractivity contribution < 1.29 is 14.3 Å². The van der Waals surface area contributed by atoms with E-state index in [0.29, 0.717) is 23.1 Å². The van der Waals surface area contributed by atoms with Crippen molar-refractivity contribution in [3.8, 4) is 22.8 Å². The maximum Gasteiger partial charge on any atom is 0.235 e. The van der Waals surface area contributed by atoms with Crippen LogP contribution in [0.3, 0.4) is 0 Å². The quantitative estimate of drug-likeness (QED) is 0.453. The van der Waals surface area contributed by atoms with Crippen molar-refractivity contribution in [1.82, 2.24) is 0 Å². The average Bonchev–Trinajstić information content (AvgIpc) is 2.75. The maximum absolute atomic E-state index is 12.6. The Kier molecular flexibility index (Phi) is 5.08. The number of aromatic hydroxyl groups is 1. The van der Waals surface area contributed by atoms with Crippen molar-refractivity contribution >= 4 is 11.0 Å². The van der Waals surface area contributed by atoms with Gasteiger partial charge in [-0.1, -0.05) is 63.2 Å². The van der Waals surface area contributed by atoms with Gasteiger partial charge in [0.15, 0.2) is 5.76 Å². The van der Waals surface area contributed by atoms with E-state index >= 15 is 0 Å². The molecule has 30 heavy (non-hydrogen) atoms. The van der Waals surface area contributed by atoms with Crippen LogP contribution in [0.4, 0.5) is 0 Å². The van der Waals surface area contributed by atoms with E-state index in [1.807, 2.05) is 48.5 Å². The van der Waals surface area contributed by atoms with Gasteiger partial charge in [0.25, 0.3) is 0 Å². The van der Waals surface area contributed by atoms with E-state index in [1.165, 1.54) is 0 Å². The minimum Gasteiger partial charge on any atom is -0.502 e. The van der Waals surface area contributed by atoms with Gasteiger partial charge in [-0.15, -0.1) is 0 Å². The van der Waals surface area contributed by atoms with Gasteiger partial charge in [0, 0.05) is 11.1 Å². The summed E-state index contributed by atoms with van der Waals surface area (Å²) < 4.78 is 12.0. The Bertz CT molecular complexity index is 1250. The summed E-state index contributed by atoms with van der Waals surface area (Å²) in [5.74, 6) is 0.544. The van der Waals surface area contributed by atoms with E-state index in [2.05, 4.69) is 20.8 Å². The molecule has 152 valence electrons. The van der Waals surface area contributed by atoms with Crippen molar-refractivity contribution in [2.24, 2.45) is 0 Å². The molecule has 4 heteroatoms. The third kappa shape index (κ3) is 3.81. The molecule has 1 N–H and O–H groups in total. The number of hydrogen-bond acceptors (Lipinski definition) is 4. The lowest BCUT2D eigenvalue weighted by Crippen LogP contribution is -2.14. The lowest BCUT2D eigenvalue weighted by Gasteiger charge is -2.24. The first-order valence-electron chi connectivity index (χ1n) is 9.91. The second-order valence-corrected chi connectivity index (χ2v) is 8.34. The summed E-state index contributed by atoms with van der Waals surface area (Å²) in [4.78, 5) is 12.6. The van der Waals surface area contributed by atoms with E-state index in [0.717, 1.165) is 16.9 Å². The van der Waals surface area contributed by atoms with Crippen LogP contribution in [0, 0.1) is 0 Å². The van der Waals surface area contributed by atoms with Gasteiger partial charge in [-0.05, 0) is 41.3 Å². The minimum absolute atomic E-state index is 0.166. The standard InChI is InChI=1S/C26H24O4/c1-26(2,3)20-15-18(13-14-22(20)29-16-17-9-5-4-6-10-17)25-24(28)23(27)19-11-7-8-12-21(19)30-25/h4-15,28H,16H2,1-3H3. The molecular formula is C26H24O4. The highest BCUT2D eigenvalue weighted by Gasteiger charge is 2.22. The minimum atomic E-state index is -0.437. The molecule has 1 heterocycles. The normalized spacial score (nSPS) is 11.6. The van der Waals surface area contributed by atoms with Gasteiger partial charge < -0.3 is 14.3 Å². The smallest absolute Gasteiger partial charge is 0.235 e. The van der Waals surface area contributed by atoms with Gasteiger partial charge in [-0.3, -0.25) is 4.79 Å². The van der Waals surface area contributed by atoms with Crippen LogP contribution in [-0.2, 0) is 12.0 Å². The summed E-state index contributed by atoms with van der Waals surface area (Å²) in [6.07, 6.45) is 0. The zero-order valence-corrected chi connectivity index (χ0v) is 17.3. The van der Waals surface area contributed by atoms with Crippen LogP contribution >= 0.6 is 0 Å². The highest BCUT2D eigenvalue weighted by Crippen LogP contribution is 2.38. The topological polar surface area (TPSA) is 59.7 Å². The predicted molar refractivity (Wildman–Crippen MR) is 119 cm³/mol. The van der Waals surface area contributed by atoms with Crippen LogP contribution in [0.25, 0.3) is 22.3 Å². The van der Waals surface area contributed by atoms with Gasteiger partial charge in [0.05, 0.1) is 5.39 Å². The second kappa shape index (κ2) is 7.71. The Balaban J connectivity index is 1.78. The van der Waals surface area contributed by atoms with Gasteiger partial charge in [0.2, 0.25) is 11.2 Å². The average molecular weight is 400 g/mol. The molecule has 4 rings (SSSR count). The molecule has 4 aromatic rings. The van der Waals surface area contributed by atoms with Crippen LogP contribution in [0.1, 0.15) is 31.9 Å². The van der Waals surface area contributed by atoms with Crippen LogP contribution in [0.2, 0.25) is 0 Å². The summed E-state index contributed by atoms with van der Waals surface area (Å²) in [6, 6.07) is 22.5. The molecule has 0 radical (unpaired) electrons. The lowest BCUT2D eigenvalue weighted by molar-refractivity contribution is 0.297. The van der Waals surface area contributed by atoms with Gasteiger partial charge >= 0.3 is 0 Å². The number of rotatable bonds is 4. The zero-order valence-electron chi connectivity index (χ0n) is 17.3. The Morgan fingerprint density at radius 2 is 1.63 bits per heavy atom. The molecule has 0 saturated heterocycles. The number of benzene rings is 3. The highest BCUT2D eigenvalue weighted by atomic mass is 16.5. The van der Waals surface area contributed by atoms with Crippen LogP contribution in [0.15, 0.2) is 82.0 Å². The van der Waals surface area contributed by atoms with Gasteiger partial charge in [-0.2, -0.15) is 0 Å². The van der Waals surface area contributed by atoms with Crippen LogP contribution in [0.5, 0.6) is 11.5 Å². The molecule has 0 amide bonds. The lowest BCUT2D eigenvalue weighted by atomic mass is 9.85. The number of para-hydroxylation sites is 1. The van der Waals surface area contributed by atoms with Crippen molar-refractivity contribution in [2.45, 2.75) is 32.8 Å². The van der Waals surface area contributed by atoms with E-state index in [1.54, 1.807) is 24.3 Å². The van der Waals surface area contributed by atoms with Crippen molar-refractivity contribution in [3.05, 3.63) is 94.1 Å². The molecule has 0 aliphatic heterocycles. The molecular weight excluding hydrogens is 376 g/mol. The molecule has 0 unspecified atom stereocenters. The summed E-state index contributed by atoms with van der Waals surface area (Å²) in [7, 11) is 0. The fourth-order valence-electron chi connectivity index (χ4n) is 3.45. The fourth-order valence-corrected chi connectivity index (χ4v) is 3.45. The first kappa shape index (κ1) is 19.8. The largest absolute Gasteiger partial charge is 0.502 e. The molecule has 0 saturated carbocycles. The van der Waals surface area contributed by atoms with Crippen LogP contribution in [-0.4, -0.2) is 5.11 Å². The van der Waals surface area contributed by atoms with Crippen molar-refractivity contribution in [3.63, 3.8) is 0 Å². The molecule has 4 nitrogen and oxygen atoms in total. The molecule has 0 fully saturated rings. The number of fused-ring (bicyclic) bond motifs is 1. The summed E-state index contributed by atoms with van der Waals surface area (Å²) in [5, 5.41) is 10.9. The molecule has 0 bridgehead atoms. The Labute approximate surface area is 175 Å². The van der Waals surface area contributed by atoms with E-state index in [9.17, 15) is 9.90 Å². The third-order valence-corrected chi connectivity index (χ3v) is 5.06. The summed E-state index contributed by atoms with van der Waals surface area (Å²) in [6.45, 7) is 6.74. The third-order valence-electron chi connectivity index (χ3n) is 5.06. The molecule has 0 aliphatic rings. The molecule has 3 aromatic carbocycles. The van der Waals surface area contributed by atoms with Crippen LogP contribution < -0.4 is 10.2 Å². The Morgan fingerprint density at radius 1 is 0.933 bits per heavy atom. The monoisotopic (exact) mass is 400 g/mol. The molecule has 1 aromatic heterocycles. The van der Waals surface area contributed by atoms with Gasteiger partial charge in [-0.25, -0.2) is 0 Å². The van der Waals surface area contributed by atoms with E-state index in [4.69, 9.17) is 9.15 Å². The summed E-state index contributed by atoms with van der Waals surface area (Å²) >= 11 is 0. The highest BCUT2D eigenvalue weighted by molar-refractivity contribution is 5.82. The first-order valence-corrected chi connectivity index (χ1v) is 9.91. The zero-order chi connectivity index (χ0) is 21.3. The number of ether oxygens (including phenoxy) is 1. The SMILES string of the molecule is CC(C)(C)c1cc(-c2oc3ccccc3c(=O)c2O)ccc1OCc1ccccc1. The van der Waals surface area contributed by atoms with E-state index < -0.39 is 5.43 Å². The molecule has 0 atom stereocenters. The summed E-state index contributed by atoms with van der Waals surface area (Å²) in [5.41, 5.74) is 2.47. The first-order chi connectivity index (χ1) is 14.3. The van der Waals surface area contributed by atoms with Gasteiger partial charge in [0.1, 0.15) is 17.9 Å². The predicted octanol–water partition coefficient (Wildman–Crippen LogP) is 6.04.